The molecule has 0 unspecified atom stereocenters. The van der Waals surface area contributed by atoms with Crippen LogP contribution in [0, 0.1) is 6.92 Å². The molecule has 92 valence electrons. The van der Waals surface area contributed by atoms with Gasteiger partial charge in [-0.3, -0.25) is 4.79 Å². The smallest absolute Gasteiger partial charge is 0.257 e. The molecule has 0 spiro atoms. The average Bonchev–Trinajstić information content (AvgIpc) is 2.35. The molecule has 0 saturated carbocycles. The molecule has 0 aromatic heterocycles. The topological polar surface area (TPSA) is 55.1 Å². The highest BCUT2D eigenvalue weighted by Gasteiger charge is 2.10. The van der Waals surface area contributed by atoms with Crippen molar-refractivity contribution in [3.63, 3.8) is 0 Å². The van der Waals surface area contributed by atoms with E-state index in [1.807, 2.05) is 31.2 Å². The van der Waals surface area contributed by atoms with Crippen molar-refractivity contribution in [1.82, 2.24) is 0 Å². The second-order valence-corrected chi connectivity index (χ2v) is 4.97. The Morgan fingerprint density at radius 2 is 1.83 bits per heavy atom. The number of halogens is 1. The summed E-state index contributed by atoms with van der Waals surface area (Å²) in [6.07, 6.45) is 0. The summed E-state index contributed by atoms with van der Waals surface area (Å²) in [5.41, 5.74) is 8.61. The molecule has 0 fully saturated rings. The molecule has 2 aromatic rings. The maximum absolute atomic E-state index is 12.1. The number of benzene rings is 2. The second kappa shape index (κ2) is 5.23. The number of carbonyl (C=O) groups is 1. The van der Waals surface area contributed by atoms with Crippen LogP contribution in [0.1, 0.15) is 15.9 Å². The standard InChI is InChI=1S/C14H13BrN2O/c1-9-2-5-11(6-3-9)17-14(18)12-8-10(15)4-7-13(12)16/h2-8H,16H2,1H3,(H,17,18). The van der Waals surface area contributed by atoms with Crippen LogP contribution in [0.25, 0.3) is 0 Å². The number of rotatable bonds is 2. The quantitative estimate of drug-likeness (QED) is 0.833. The van der Waals surface area contributed by atoms with E-state index >= 15 is 0 Å². The van der Waals surface area contributed by atoms with Gasteiger partial charge in [-0.1, -0.05) is 33.6 Å². The van der Waals surface area contributed by atoms with Gasteiger partial charge >= 0.3 is 0 Å². The van der Waals surface area contributed by atoms with Crippen LogP contribution in [0.4, 0.5) is 11.4 Å². The summed E-state index contributed by atoms with van der Waals surface area (Å²) in [6, 6.07) is 12.8. The first kappa shape index (κ1) is 12.6. The van der Waals surface area contributed by atoms with Gasteiger partial charge in [0.2, 0.25) is 0 Å². The predicted molar refractivity (Wildman–Crippen MR) is 77.7 cm³/mol. The van der Waals surface area contributed by atoms with Gasteiger partial charge in [-0.15, -0.1) is 0 Å². The Balaban J connectivity index is 2.21. The number of amides is 1. The highest BCUT2D eigenvalue weighted by Crippen LogP contribution is 2.20. The molecule has 0 aliphatic rings. The molecular weight excluding hydrogens is 292 g/mol. The van der Waals surface area contributed by atoms with Crippen molar-refractivity contribution in [2.75, 3.05) is 11.1 Å². The fraction of sp³-hybridized carbons (Fsp3) is 0.0714. The Morgan fingerprint density at radius 3 is 2.50 bits per heavy atom. The number of aryl methyl sites for hydroxylation is 1. The maximum atomic E-state index is 12.1. The van der Waals surface area contributed by atoms with Crippen LogP contribution < -0.4 is 11.1 Å². The number of anilines is 2. The lowest BCUT2D eigenvalue weighted by atomic mass is 10.1. The molecule has 0 atom stereocenters. The number of hydrogen-bond acceptors (Lipinski definition) is 2. The number of nitrogens with two attached hydrogens (primary N) is 1. The molecule has 0 bridgehead atoms. The van der Waals surface area contributed by atoms with E-state index in [0.717, 1.165) is 15.7 Å². The largest absolute Gasteiger partial charge is 0.398 e. The van der Waals surface area contributed by atoms with E-state index in [4.69, 9.17) is 5.73 Å². The summed E-state index contributed by atoms with van der Waals surface area (Å²) in [5.74, 6) is -0.211. The van der Waals surface area contributed by atoms with Gasteiger partial charge in [-0.2, -0.15) is 0 Å². The molecule has 0 heterocycles. The minimum absolute atomic E-state index is 0.211. The maximum Gasteiger partial charge on any atom is 0.257 e. The number of nitrogens with one attached hydrogen (secondary N) is 1. The fourth-order valence-electron chi connectivity index (χ4n) is 1.56. The molecule has 0 radical (unpaired) electrons. The van der Waals surface area contributed by atoms with E-state index in [1.165, 1.54) is 0 Å². The van der Waals surface area contributed by atoms with Crippen LogP contribution in [0.5, 0.6) is 0 Å². The molecule has 18 heavy (non-hydrogen) atoms. The molecule has 0 saturated heterocycles. The summed E-state index contributed by atoms with van der Waals surface area (Å²) in [7, 11) is 0. The van der Waals surface area contributed by atoms with E-state index < -0.39 is 0 Å². The van der Waals surface area contributed by atoms with Crippen LogP contribution in [0.3, 0.4) is 0 Å². The third-order valence-corrected chi connectivity index (χ3v) is 3.06. The second-order valence-electron chi connectivity index (χ2n) is 4.05. The van der Waals surface area contributed by atoms with Crippen molar-refractivity contribution >= 4 is 33.2 Å². The zero-order chi connectivity index (χ0) is 13.1. The van der Waals surface area contributed by atoms with Gasteiger partial charge in [-0.05, 0) is 37.3 Å². The molecule has 0 aliphatic carbocycles. The minimum Gasteiger partial charge on any atom is -0.398 e. The summed E-state index contributed by atoms with van der Waals surface area (Å²) < 4.78 is 0.825. The molecule has 3 N–H and O–H groups in total. The van der Waals surface area contributed by atoms with Gasteiger partial charge in [0.05, 0.1) is 5.56 Å². The van der Waals surface area contributed by atoms with Crippen LogP contribution in [-0.2, 0) is 0 Å². The van der Waals surface area contributed by atoms with Gasteiger partial charge in [-0.25, -0.2) is 0 Å². The van der Waals surface area contributed by atoms with Crippen molar-refractivity contribution in [3.05, 3.63) is 58.1 Å². The zero-order valence-electron chi connectivity index (χ0n) is 9.91. The van der Waals surface area contributed by atoms with E-state index in [1.54, 1.807) is 18.2 Å². The Hall–Kier alpha value is -1.81. The molecule has 2 aromatic carbocycles. The van der Waals surface area contributed by atoms with Gasteiger partial charge in [0.25, 0.3) is 5.91 Å². The first-order chi connectivity index (χ1) is 8.56. The normalized spacial score (nSPS) is 10.1. The summed E-state index contributed by atoms with van der Waals surface area (Å²) in [5, 5.41) is 2.81. The number of carbonyl (C=O) groups excluding carboxylic acids is 1. The zero-order valence-corrected chi connectivity index (χ0v) is 11.5. The molecular formula is C14H13BrN2O. The first-order valence-corrected chi connectivity index (χ1v) is 6.28. The number of hydrogen-bond donors (Lipinski definition) is 2. The average molecular weight is 305 g/mol. The van der Waals surface area contributed by atoms with Crippen molar-refractivity contribution in [2.24, 2.45) is 0 Å². The lowest BCUT2D eigenvalue weighted by Crippen LogP contribution is -2.14. The van der Waals surface area contributed by atoms with Gasteiger partial charge < -0.3 is 11.1 Å². The third kappa shape index (κ3) is 2.90. The Labute approximate surface area is 114 Å². The lowest BCUT2D eigenvalue weighted by molar-refractivity contribution is 0.102. The molecule has 4 heteroatoms. The van der Waals surface area contributed by atoms with E-state index in [9.17, 15) is 4.79 Å². The van der Waals surface area contributed by atoms with E-state index in [0.29, 0.717) is 11.3 Å². The number of nitrogen functional groups attached to an aromatic ring is 1. The van der Waals surface area contributed by atoms with E-state index in [-0.39, 0.29) is 5.91 Å². The highest BCUT2D eigenvalue weighted by molar-refractivity contribution is 9.10. The van der Waals surface area contributed by atoms with Crippen molar-refractivity contribution in [3.8, 4) is 0 Å². The monoisotopic (exact) mass is 304 g/mol. The van der Waals surface area contributed by atoms with Gasteiger partial charge in [0.1, 0.15) is 0 Å². The Kier molecular flexibility index (Phi) is 3.67. The lowest BCUT2D eigenvalue weighted by Gasteiger charge is -2.08. The summed E-state index contributed by atoms with van der Waals surface area (Å²) >= 11 is 3.32. The van der Waals surface area contributed by atoms with Crippen molar-refractivity contribution < 1.29 is 4.79 Å². The SMILES string of the molecule is Cc1ccc(NC(=O)c2cc(Br)ccc2N)cc1. The van der Waals surface area contributed by atoms with E-state index in [2.05, 4.69) is 21.2 Å². The third-order valence-electron chi connectivity index (χ3n) is 2.57. The molecule has 3 nitrogen and oxygen atoms in total. The molecule has 1 amide bonds. The van der Waals surface area contributed by atoms with Crippen LogP contribution in [-0.4, -0.2) is 5.91 Å². The predicted octanol–water partition coefficient (Wildman–Crippen LogP) is 3.59. The van der Waals surface area contributed by atoms with Crippen LogP contribution in [0.2, 0.25) is 0 Å². The molecule has 2 rings (SSSR count). The van der Waals surface area contributed by atoms with Gasteiger partial charge in [0.15, 0.2) is 0 Å². The van der Waals surface area contributed by atoms with Gasteiger partial charge in [0, 0.05) is 15.8 Å². The Bertz CT molecular complexity index is 579. The fourth-order valence-corrected chi connectivity index (χ4v) is 1.92. The summed E-state index contributed by atoms with van der Waals surface area (Å²) in [4.78, 5) is 12.1. The van der Waals surface area contributed by atoms with Crippen molar-refractivity contribution in [1.29, 1.82) is 0 Å². The minimum atomic E-state index is -0.211. The van der Waals surface area contributed by atoms with Crippen molar-refractivity contribution in [2.45, 2.75) is 6.92 Å². The Morgan fingerprint density at radius 1 is 1.17 bits per heavy atom. The molecule has 0 aliphatic heterocycles. The highest BCUT2D eigenvalue weighted by atomic mass is 79.9. The van der Waals surface area contributed by atoms with Crippen LogP contribution >= 0.6 is 15.9 Å². The summed E-state index contributed by atoms with van der Waals surface area (Å²) in [6.45, 7) is 2.00. The first-order valence-electron chi connectivity index (χ1n) is 5.49. The van der Waals surface area contributed by atoms with Crippen LogP contribution in [0.15, 0.2) is 46.9 Å².